The molecule has 4 rings (SSSR count). The highest BCUT2D eigenvalue weighted by Crippen LogP contribution is 2.29. The van der Waals surface area contributed by atoms with E-state index in [4.69, 9.17) is 20.4 Å². The Labute approximate surface area is 148 Å². The van der Waals surface area contributed by atoms with Crippen LogP contribution in [-0.4, -0.2) is 10.9 Å². The quantitative estimate of drug-likeness (QED) is 0.543. The summed E-state index contributed by atoms with van der Waals surface area (Å²) in [6.45, 7) is 1.91. The standard InChI is InChI=1S/C19H13ClN2O3/c1-11-4-5-12(9-14(11)21-18(23)17-3-2-8-24-17)19-22-15-10-13(20)6-7-16(15)25-19/h2-10H,1H3,(H,21,23). The molecule has 0 atom stereocenters. The summed E-state index contributed by atoms with van der Waals surface area (Å²) < 4.78 is 10.9. The number of aryl methyl sites for hydroxylation is 1. The number of hydrogen-bond donors (Lipinski definition) is 1. The van der Waals surface area contributed by atoms with Crippen molar-refractivity contribution in [1.29, 1.82) is 0 Å². The fraction of sp³-hybridized carbons (Fsp3) is 0.0526. The number of carbonyl (C=O) groups is 1. The van der Waals surface area contributed by atoms with Crippen LogP contribution in [0.3, 0.4) is 0 Å². The number of oxazole rings is 1. The van der Waals surface area contributed by atoms with Crippen LogP contribution in [0.25, 0.3) is 22.6 Å². The maximum absolute atomic E-state index is 12.2. The van der Waals surface area contributed by atoms with Crippen LogP contribution in [0.5, 0.6) is 0 Å². The maximum atomic E-state index is 12.2. The second-order valence-corrected chi connectivity index (χ2v) is 6.03. The summed E-state index contributed by atoms with van der Waals surface area (Å²) in [5.74, 6) is 0.404. The molecule has 0 aliphatic heterocycles. The number of benzene rings is 2. The van der Waals surface area contributed by atoms with Gasteiger partial charge in [-0.05, 0) is 55.0 Å². The van der Waals surface area contributed by atoms with Crippen LogP contribution in [-0.2, 0) is 0 Å². The lowest BCUT2D eigenvalue weighted by molar-refractivity contribution is 0.0996. The summed E-state index contributed by atoms with van der Waals surface area (Å²) in [5.41, 5.74) is 3.68. The molecule has 0 unspecified atom stereocenters. The third-order valence-electron chi connectivity index (χ3n) is 3.83. The molecular weight excluding hydrogens is 340 g/mol. The zero-order valence-electron chi connectivity index (χ0n) is 13.2. The highest BCUT2D eigenvalue weighted by atomic mass is 35.5. The molecule has 0 radical (unpaired) electrons. The molecule has 124 valence electrons. The van der Waals surface area contributed by atoms with E-state index < -0.39 is 0 Å². The molecule has 0 saturated heterocycles. The maximum Gasteiger partial charge on any atom is 0.291 e. The number of aromatic nitrogens is 1. The zero-order chi connectivity index (χ0) is 17.4. The van der Waals surface area contributed by atoms with Crippen LogP contribution < -0.4 is 5.32 Å². The molecule has 2 aromatic carbocycles. The Kier molecular flexibility index (Phi) is 3.78. The molecule has 2 heterocycles. The Hall–Kier alpha value is -3.05. The molecule has 6 heteroatoms. The second kappa shape index (κ2) is 6.11. The van der Waals surface area contributed by atoms with Crippen molar-refractivity contribution in [2.75, 3.05) is 5.32 Å². The van der Waals surface area contributed by atoms with Gasteiger partial charge in [0.05, 0.1) is 6.26 Å². The lowest BCUT2D eigenvalue weighted by Crippen LogP contribution is -2.11. The van der Waals surface area contributed by atoms with Crippen LogP contribution in [0.4, 0.5) is 5.69 Å². The third kappa shape index (κ3) is 3.02. The first-order valence-corrected chi connectivity index (χ1v) is 8.00. The number of anilines is 1. The van der Waals surface area contributed by atoms with E-state index in [1.807, 2.05) is 25.1 Å². The first-order valence-electron chi connectivity index (χ1n) is 7.62. The Bertz CT molecular complexity index is 1070. The Morgan fingerprint density at radius 1 is 1.16 bits per heavy atom. The van der Waals surface area contributed by atoms with Gasteiger partial charge in [-0.1, -0.05) is 17.7 Å². The molecule has 4 aromatic rings. The van der Waals surface area contributed by atoms with E-state index in [-0.39, 0.29) is 11.7 Å². The normalized spacial score (nSPS) is 11.0. The van der Waals surface area contributed by atoms with Crippen molar-refractivity contribution in [2.45, 2.75) is 6.92 Å². The number of halogens is 1. The fourth-order valence-corrected chi connectivity index (χ4v) is 2.67. The molecule has 1 N–H and O–H groups in total. The molecule has 0 spiro atoms. The Morgan fingerprint density at radius 2 is 2.04 bits per heavy atom. The number of amides is 1. The molecule has 0 fully saturated rings. The van der Waals surface area contributed by atoms with Crippen LogP contribution in [0.1, 0.15) is 16.1 Å². The van der Waals surface area contributed by atoms with Gasteiger partial charge in [0, 0.05) is 16.3 Å². The lowest BCUT2D eigenvalue weighted by atomic mass is 10.1. The van der Waals surface area contributed by atoms with E-state index in [0.29, 0.717) is 27.7 Å². The number of hydrogen-bond acceptors (Lipinski definition) is 4. The van der Waals surface area contributed by atoms with Gasteiger partial charge in [0.2, 0.25) is 5.89 Å². The van der Waals surface area contributed by atoms with E-state index in [1.165, 1.54) is 6.26 Å². The minimum absolute atomic E-state index is 0.251. The lowest BCUT2D eigenvalue weighted by Gasteiger charge is -2.08. The summed E-state index contributed by atoms with van der Waals surface area (Å²) in [4.78, 5) is 16.7. The SMILES string of the molecule is Cc1ccc(-c2nc3cc(Cl)ccc3o2)cc1NC(=O)c1ccco1. The molecule has 0 bridgehead atoms. The molecular formula is C19H13ClN2O3. The van der Waals surface area contributed by atoms with E-state index >= 15 is 0 Å². The van der Waals surface area contributed by atoms with Gasteiger partial charge in [-0.15, -0.1) is 0 Å². The average molecular weight is 353 g/mol. The van der Waals surface area contributed by atoms with E-state index in [1.54, 1.807) is 30.3 Å². The predicted octanol–water partition coefficient (Wildman–Crippen LogP) is 5.30. The number of rotatable bonds is 3. The van der Waals surface area contributed by atoms with Gasteiger partial charge in [-0.25, -0.2) is 4.98 Å². The van der Waals surface area contributed by atoms with Crippen molar-refractivity contribution < 1.29 is 13.6 Å². The number of furan rings is 1. The first-order chi connectivity index (χ1) is 12.1. The fourth-order valence-electron chi connectivity index (χ4n) is 2.51. The van der Waals surface area contributed by atoms with Crippen molar-refractivity contribution in [3.63, 3.8) is 0 Å². The van der Waals surface area contributed by atoms with Crippen molar-refractivity contribution in [1.82, 2.24) is 4.98 Å². The molecule has 0 aliphatic carbocycles. The summed E-state index contributed by atoms with van der Waals surface area (Å²) >= 11 is 5.99. The monoisotopic (exact) mass is 352 g/mol. The van der Waals surface area contributed by atoms with E-state index in [2.05, 4.69) is 10.3 Å². The molecule has 0 aliphatic rings. The summed E-state index contributed by atoms with van der Waals surface area (Å²) in [5, 5.41) is 3.44. The number of carbonyl (C=O) groups excluding carboxylic acids is 1. The van der Waals surface area contributed by atoms with Gasteiger partial charge < -0.3 is 14.2 Å². The largest absolute Gasteiger partial charge is 0.459 e. The van der Waals surface area contributed by atoms with Gasteiger partial charge in [-0.2, -0.15) is 0 Å². The topological polar surface area (TPSA) is 68.3 Å². The zero-order valence-corrected chi connectivity index (χ0v) is 14.0. The number of nitrogens with zero attached hydrogens (tertiary/aromatic N) is 1. The first kappa shape index (κ1) is 15.5. The highest BCUT2D eigenvalue weighted by molar-refractivity contribution is 6.31. The smallest absolute Gasteiger partial charge is 0.291 e. The van der Waals surface area contributed by atoms with Crippen molar-refractivity contribution in [2.24, 2.45) is 0 Å². The Balaban J connectivity index is 1.69. The number of nitrogens with one attached hydrogen (secondary N) is 1. The number of fused-ring (bicyclic) bond motifs is 1. The van der Waals surface area contributed by atoms with E-state index in [9.17, 15) is 4.79 Å². The van der Waals surface area contributed by atoms with E-state index in [0.717, 1.165) is 11.1 Å². The highest BCUT2D eigenvalue weighted by Gasteiger charge is 2.13. The summed E-state index contributed by atoms with van der Waals surface area (Å²) in [6.07, 6.45) is 1.46. The van der Waals surface area contributed by atoms with Gasteiger partial charge in [0.1, 0.15) is 5.52 Å². The minimum Gasteiger partial charge on any atom is -0.459 e. The van der Waals surface area contributed by atoms with Gasteiger partial charge in [-0.3, -0.25) is 4.79 Å². The van der Waals surface area contributed by atoms with Crippen molar-refractivity contribution in [3.8, 4) is 11.5 Å². The van der Waals surface area contributed by atoms with Crippen molar-refractivity contribution >= 4 is 34.3 Å². The minimum atomic E-state index is -0.311. The molecule has 1 amide bonds. The van der Waals surface area contributed by atoms with Crippen LogP contribution in [0, 0.1) is 6.92 Å². The van der Waals surface area contributed by atoms with Gasteiger partial charge >= 0.3 is 0 Å². The average Bonchev–Trinajstić information content (AvgIpc) is 3.25. The predicted molar refractivity (Wildman–Crippen MR) is 95.9 cm³/mol. The second-order valence-electron chi connectivity index (χ2n) is 5.59. The molecule has 0 saturated carbocycles. The van der Waals surface area contributed by atoms with Crippen LogP contribution in [0.2, 0.25) is 5.02 Å². The van der Waals surface area contributed by atoms with Crippen molar-refractivity contribution in [3.05, 3.63) is 71.1 Å². The molecule has 2 aromatic heterocycles. The van der Waals surface area contributed by atoms with Gasteiger partial charge in [0.25, 0.3) is 5.91 Å². The molecule has 25 heavy (non-hydrogen) atoms. The van der Waals surface area contributed by atoms with Crippen LogP contribution in [0.15, 0.2) is 63.6 Å². The Morgan fingerprint density at radius 3 is 2.84 bits per heavy atom. The third-order valence-corrected chi connectivity index (χ3v) is 4.06. The van der Waals surface area contributed by atoms with Crippen LogP contribution >= 0.6 is 11.6 Å². The van der Waals surface area contributed by atoms with Gasteiger partial charge in [0.15, 0.2) is 11.3 Å². The molecule has 5 nitrogen and oxygen atoms in total. The summed E-state index contributed by atoms with van der Waals surface area (Å²) in [7, 11) is 0. The summed E-state index contributed by atoms with van der Waals surface area (Å²) in [6, 6.07) is 14.2.